The van der Waals surface area contributed by atoms with Crippen molar-refractivity contribution in [3.05, 3.63) is 35.1 Å². The first-order chi connectivity index (χ1) is 9.76. The molecule has 1 aromatic rings. The van der Waals surface area contributed by atoms with Crippen LogP contribution in [0.25, 0.3) is 0 Å². The molecule has 1 nitrogen and oxygen atoms in total. The number of rotatable bonds is 4. The van der Waals surface area contributed by atoms with Crippen LogP contribution in [-0.2, 0) is 11.6 Å². The van der Waals surface area contributed by atoms with Gasteiger partial charge in [-0.1, -0.05) is 13.0 Å². The van der Waals surface area contributed by atoms with Crippen molar-refractivity contribution in [1.82, 2.24) is 4.90 Å². The van der Waals surface area contributed by atoms with Crippen molar-refractivity contribution < 1.29 is 17.6 Å². The van der Waals surface area contributed by atoms with Gasteiger partial charge in [0.1, 0.15) is 5.82 Å². The molecule has 0 aliphatic carbocycles. The molecule has 1 aliphatic heterocycles. The molecule has 1 aromatic carbocycles. The van der Waals surface area contributed by atoms with Crippen LogP contribution in [0.15, 0.2) is 18.2 Å². The Bertz CT molecular complexity index is 503. The van der Waals surface area contributed by atoms with E-state index in [4.69, 9.17) is 11.6 Å². The van der Waals surface area contributed by atoms with Gasteiger partial charge >= 0.3 is 6.18 Å². The van der Waals surface area contributed by atoms with E-state index in [2.05, 4.69) is 4.90 Å². The van der Waals surface area contributed by atoms with E-state index in [-0.39, 0.29) is 0 Å². The molecule has 6 heteroatoms. The number of benzene rings is 1. The van der Waals surface area contributed by atoms with E-state index in [1.54, 1.807) is 0 Å². The van der Waals surface area contributed by atoms with Gasteiger partial charge in [0.2, 0.25) is 0 Å². The maximum Gasteiger partial charge on any atom is 0.416 e. The molecule has 2 rings (SSSR count). The Hall–Kier alpha value is -0.810. The molecule has 1 fully saturated rings. The average molecular weight is 324 g/mol. The van der Waals surface area contributed by atoms with Gasteiger partial charge in [0.25, 0.3) is 0 Å². The van der Waals surface area contributed by atoms with E-state index in [9.17, 15) is 17.6 Å². The highest BCUT2D eigenvalue weighted by Gasteiger charge is 2.38. The lowest BCUT2D eigenvalue weighted by Crippen LogP contribution is -2.30. The van der Waals surface area contributed by atoms with Gasteiger partial charge in [-0.25, -0.2) is 4.39 Å². The fourth-order valence-corrected chi connectivity index (χ4v) is 3.05. The second-order valence-corrected chi connectivity index (χ2v) is 6.20. The molecule has 118 valence electrons. The van der Waals surface area contributed by atoms with Crippen LogP contribution in [0.1, 0.15) is 30.9 Å². The summed E-state index contributed by atoms with van der Waals surface area (Å²) in [5.41, 5.74) is -1.02. The zero-order valence-corrected chi connectivity index (χ0v) is 12.6. The molecule has 0 unspecified atom stereocenters. The Labute approximate surface area is 126 Å². The number of alkyl halides is 4. The summed E-state index contributed by atoms with van der Waals surface area (Å²) < 4.78 is 51.9. The van der Waals surface area contributed by atoms with Crippen molar-refractivity contribution in [3.8, 4) is 0 Å². The Balaban J connectivity index is 2.18. The first kappa shape index (κ1) is 16.6. The lowest BCUT2D eigenvalue weighted by atomic mass is 9.81. The van der Waals surface area contributed by atoms with E-state index < -0.39 is 23.0 Å². The lowest BCUT2D eigenvalue weighted by Gasteiger charge is -2.26. The molecule has 1 atom stereocenters. The van der Waals surface area contributed by atoms with Crippen molar-refractivity contribution in [2.75, 3.05) is 25.5 Å². The van der Waals surface area contributed by atoms with Crippen LogP contribution in [0.3, 0.4) is 0 Å². The summed E-state index contributed by atoms with van der Waals surface area (Å²) >= 11 is 5.66. The van der Waals surface area contributed by atoms with Gasteiger partial charge in [0.15, 0.2) is 0 Å². The maximum absolute atomic E-state index is 14.1. The summed E-state index contributed by atoms with van der Waals surface area (Å²) in [6, 6.07) is 2.84. The zero-order valence-electron chi connectivity index (χ0n) is 11.8. The minimum absolute atomic E-state index is 0.365. The zero-order chi connectivity index (χ0) is 15.7. The summed E-state index contributed by atoms with van der Waals surface area (Å²) in [4.78, 5) is 2.18. The Morgan fingerprint density at radius 1 is 1.33 bits per heavy atom. The topological polar surface area (TPSA) is 3.24 Å². The van der Waals surface area contributed by atoms with Gasteiger partial charge in [-0.05, 0) is 43.6 Å². The smallest absolute Gasteiger partial charge is 0.302 e. The molecule has 0 bridgehead atoms. The molecule has 0 radical (unpaired) electrons. The molecule has 1 saturated heterocycles. The third-order valence-corrected chi connectivity index (χ3v) is 4.37. The van der Waals surface area contributed by atoms with Gasteiger partial charge in [0.05, 0.1) is 5.56 Å². The Kier molecular flexibility index (Phi) is 4.83. The third kappa shape index (κ3) is 3.69. The van der Waals surface area contributed by atoms with E-state index in [1.807, 2.05) is 6.92 Å². The van der Waals surface area contributed by atoms with Crippen molar-refractivity contribution >= 4 is 11.6 Å². The van der Waals surface area contributed by atoms with Gasteiger partial charge in [-0.2, -0.15) is 13.2 Å². The summed E-state index contributed by atoms with van der Waals surface area (Å²) in [5, 5.41) is 0. The molecule has 0 spiro atoms. The number of likely N-dealkylation sites (tertiary alicyclic amines) is 1. The van der Waals surface area contributed by atoms with Crippen molar-refractivity contribution in [2.24, 2.45) is 0 Å². The van der Waals surface area contributed by atoms with Crippen LogP contribution < -0.4 is 0 Å². The summed E-state index contributed by atoms with van der Waals surface area (Å²) in [7, 11) is 0. The first-order valence-electron chi connectivity index (χ1n) is 6.92. The maximum atomic E-state index is 14.1. The van der Waals surface area contributed by atoms with Gasteiger partial charge < -0.3 is 4.90 Å². The van der Waals surface area contributed by atoms with Gasteiger partial charge in [-0.3, -0.25) is 0 Å². The number of halogens is 5. The molecule has 1 heterocycles. The fourth-order valence-electron chi connectivity index (χ4n) is 2.93. The Morgan fingerprint density at radius 3 is 2.62 bits per heavy atom. The fraction of sp³-hybridized carbons (Fsp3) is 0.600. The SMILES string of the molecule is C[C@@]1(c2ccc(C(F)(F)F)cc2F)CCN(CCCCl)C1. The van der Waals surface area contributed by atoms with E-state index in [0.717, 1.165) is 32.0 Å². The van der Waals surface area contributed by atoms with Crippen LogP contribution in [0.5, 0.6) is 0 Å². The molecule has 21 heavy (non-hydrogen) atoms. The Morgan fingerprint density at radius 2 is 2.05 bits per heavy atom. The van der Waals surface area contributed by atoms with Crippen molar-refractivity contribution in [1.29, 1.82) is 0 Å². The highest BCUT2D eigenvalue weighted by atomic mass is 35.5. The van der Waals surface area contributed by atoms with Crippen LogP contribution in [-0.4, -0.2) is 30.4 Å². The third-order valence-electron chi connectivity index (χ3n) is 4.11. The normalized spacial score (nSPS) is 23.7. The van der Waals surface area contributed by atoms with E-state index >= 15 is 0 Å². The first-order valence-corrected chi connectivity index (χ1v) is 7.45. The molecular formula is C15H18ClF4N. The number of hydrogen-bond acceptors (Lipinski definition) is 1. The van der Waals surface area contributed by atoms with Crippen LogP contribution in [0.4, 0.5) is 17.6 Å². The average Bonchev–Trinajstić information content (AvgIpc) is 2.78. The van der Waals surface area contributed by atoms with E-state index in [0.29, 0.717) is 24.1 Å². The summed E-state index contributed by atoms with van der Waals surface area (Å²) in [6.45, 7) is 4.20. The largest absolute Gasteiger partial charge is 0.416 e. The molecule has 1 aliphatic rings. The predicted octanol–water partition coefficient (Wildman–Crippen LogP) is 4.44. The predicted molar refractivity (Wildman–Crippen MR) is 75.1 cm³/mol. The number of hydrogen-bond donors (Lipinski definition) is 0. The van der Waals surface area contributed by atoms with Gasteiger partial charge in [-0.15, -0.1) is 11.6 Å². The molecule has 0 saturated carbocycles. The molecule has 0 amide bonds. The molecular weight excluding hydrogens is 306 g/mol. The van der Waals surface area contributed by atoms with Crippen molar-refractivity contribution in [2.45, 2.75) is 31.4 Å². The highest BCUT2D eigenvalue weighted by Crippen LogP contribution is 2.38. The van der Waals surface area contributed by atoms with Crippen LogP contribution in [0, 0.1) is 5.82 Å². The standard InChI is InChI=1S/C15H18ClF4N/c1-14(5-8-21(10-14)7-2-6-16)12-4-3-11(9-13(12)17)15(18,19)20/h3-4,9H,2,5-8,10H2,1H3/t14-/m1/s1. The quantitative estimate of drug-likeness (QED) is 0.585. The van der Waals surface area contributed by atoms with Crippen LogP contribution in [0.2, 0.25) is 0 Å². The molecule has 0 N–H and O–H groups in total. The van der Waals surface area contributed by atoms with Gasteiger partial charge in [0, 0.05) is 17.8 Å². The summed E-state index contributed by atoms with van der Waals surface area (Å²) in [6.07, 6.45) is -2.92. The summed E-state index contributed by atoms with van der Waals surface area (Å²) in [5.74, 6) is -0.200. The minimum Gasteiger partial charge on any atom is -0.302 e. The second-order valence-electron chi connectivity index (χ2n) is 5.82. The molecule has 0 aromatic heterocycles. The number of nitrogens with zero attached hydrogens (tertiary/aromatic N) is 1. The second kappa shape index (κ2) is 6.13. The van der Waals surface area contributed by atoms with Crippen molar-refractivity contribution in [3.63, 3.8) is 0 Å². The minimum atomic E-state index is -4.51. The lowest BCUT2D eigenvalue weighted by molar-refractivity contribution is -0.137. The van der Waals surface area contributed by atoms with Crippen LogP contribution >= 0.6 is 11.6 Å². The van der Waals surface area contributed by atoms with E-state index in [1.165, 1.54) is 6.07 Å². The highest BCUT2D eigenvalue weighted by molar-refractivity contribution is 6.17. The monoisotopic (exact) mass is 323 g/mol.